The topological polar surface area (TPSA) is 61.4 Å². The third-order valence-corrected chi connectivity index (χ3v) is 6.10. The molecule has 2 rings (SSSR count). The van der Waals surface area contributed by atoms with Crippen molar-refractivity contribution < 1.29 is 9.47 Å². The van der Waals surface area contributed by atoms with Crippen molar-refractivity contribution in [1.29, 1.82) is 0 Å². The molecule has 0 bridgehead atoms. The first-order valence-electron chi connectivity index (χ1n) is 12.1. The lowest BCUT2D eigenvalue weighted by Gasteiger charge is -2.31. The van der Waals surface area contributed by atoms with Gasteiger partial charge in [0.15, 0.2) is 5.96 Å². The first-order valence-corrected chi connectivity index (χ1v) is 12.1. The number of nitrogens with one attached hydrogen (secondary N) is 2. The number of aliphatic imine (C=N–C) groups is 1. The highest BCUT2D eigenvalue weighted by atomic mass is 127. The van der Waals surface area contributed by atoms with Crippen LogP contribution in [-0.2, 0) is 11.3 Å². The van der Waals surface area contributed by atoms with E-state index in [1.165, 1.54) is 5.56 Å². The number of hydrogen-bond acceptors (Lipinski definition) is 5. The van der Waals surface area contributed by atoms with Crippen molar-refractivity contribution in [2.45, 2.75) is 65.2 Å². The van der Waals surface area contributed by atoms with Crippen LogP contribution in [0.4, 0.5) is 0 Å². The lowest BCUT2D eigenvalue weighted by atomic mass is 10.1. The fraction of sp³-hybridized carbons (Fsp3) is 0.720. The zero-order chi connectivity index (χ0) is 23.3. The molecule has 190 valence electrons. The smallest absolute Gasteiger partial charge is 0.191 e. The number of nitrogens with zero attached hydrogens (tertiary/aromatic N) is 3. The van der Waals surface area contributed by atoms with Crippen molar-refractivity contribution in [3.05, 3.63) is 29.8 Å². The van der Waals surface area contributed by atoms with Gasteiger partial charge in [-0.05, 0) is 65.3 Å². The predicted octanol–water partition coefficient (Wildman–Crippen LogP) is 3.58. The van der Waals surface area contributed by atoms with Gasteiger partial charge in [0.1, 0.15) is 12.4 Å². The van der Waals surface area contributed by atoms with Gasteiger partial charge in [-0.1, -0.05) is 12.1 Å². The summed E-state index contributed by atoms with van der Waals surface area (Å²) in [4.78, 5) is 9.22. The van der Waals surface area contributed by atoms with Gasteiger partial charge in [-0.3, -0.25) is 14.8 Å². The van der Waals surface area contributed by atoms with E-state index in [-0.39, 0.29) is 24.0 Å². The van der Waals surface area contributed by atoms with Crippen molar-refractivity contribution in [3.8, 4) is 5.75 Å². The van der Waals surface area contributed by atoms with E-state index >= 15 is 0 Å². The highest BCUT2D eigenvalue weighted by molar-refractivity contribution is 14.0. The summed E-state index contributed by atoms with van der Waals surface area (Å²) in [7, 11) is 3.99. The normalized spacial score (nSPS) is 15.3. The van der Waals surface area contributed by atoms with Gasteiger partial charge in [0.25, 0.3) is 0 Å². The maximum absolute atomic E-state index is 6.03. The fourth-order valence-electron chi connectivity index (χ4n) is 4.18. The fourth-order valence-corrected chi connectivity index (χ4v) is 4.18. The van der Waals surface area contributed by atoms with Crippen LogP contribution in [0.3, 0.4) is 0 Å². The second-order valence-electron chi connectivity index (χ2n) is 9.10. The first-order chi connectivity index (χ1) is 15.4. The van der Waals surface area contributed by atoms with Gasteiger partial charge in [0.2, 0.25) is 0 Å². The van der Waals surface area contributed by atoms with Crippen LogP contribution in [0.15, 0.2) is 29.3 Å². The van der Waals surface area contributed by atoms with Crippen LogP contribution in [0.5, 0.6) is 5.75 Å². The van der Waals surface area contributed by atoms with E-state index in [9.17, 15) is 0 Å². The summed E-state index contributed by atoms with van der Waals surface area (Å²) in [6.07, 6.45) is 2.22. The molecule has 1 saturated heterocycles. The SMILES string of the molecule is CN=C(NCCN(C(C)C)C(C)C)NCc1cccc(OCCN(C)C2CCOCC2)c1.I. The molecule has 33 heavy (non-hydrogen) atoms. The average Bonchev–Trinajstić information content (AvgIpc) is 2.79. The molecular weight excluding hydrogens is 529 g/mol. The molecule has 0 saturated carbocycles. The van der Waals surface area contributed by atoms with Gasteiger partial charge in [0.05, 0.1) is 0 Å². The average molecular weight is 576 g/mol. The van der Waals surface area contributed by atoms with Crippen molar-refractivity contribution >= 4 is 29.9 Å². The molecule has 0 radical (unpaired) electrons. The van der Waals surface area contributed by atoms with Crippen molar-refractivity contribution in [2.75, 3.05) is 53.6 Å². The Bertz CT molecular complexity index is 673. The molecule has 0 amide bonds. The van der Waals surface area contributed by atoms with Crippen LogP contribution in [0, 0.1) is 0 Å². The Labute approximate surface area is 218 Å². The third-order valence-electron chi connectivity index (χ3n) is 6.10. The number of halogens is 1. The molecule has 1 aromatic carbocycles. The predicted molar refractivity (Wildman–Crippen MR) is 149 cm³/mol. The molecule has 0 spiro atoms. The summed E-state index contributed by atoms with van der Waals surface area (Å²) in [5.74, 6) is 1.74. The number of benzene rings is 1. The molecule has 0 aromatic heterocycles. The Morgan fingerprint density at radius 3 is 2.45 bits per heavy atom. The number of rotatable bonds is 12. The third kappa shape index (κ3) is 11.2. The van der Waals surface area contributed by atoms with Crippen LogP contribution < -0.4 is 15.4 Å². The minimum absolute atomic E-state index is 0. The van der Waals surface area contributed by atoms with Crippen LogP contribution >= 0.6 is 24.0 Å². The van der Waals surface area contributed by atoms with E-state index in [0.29, 0.717) is 31.3 Å². The minimum atomic E-state index is 0. The molecule has 1 fully saturated rings. The van der Waals surface area contributed by atoms with Crippen LogP contribution in [0.25, 0.3) is 0 Å². The van der Waals surface area contributed by atoms with Crippen molar-refractivity contribution in [1.82, 2.24) is 20.4 Å². The number of likely N-dealkylation sites (N-methyl/N-ethyl adjacent to an activating group) is 1. The van der Waals surface area contributed by atoms with E-state index in [4.69, 9.17) is 9.47 Å². The van der Waals surface area contributed by atoms with Crippen LogP contribution in [0.2, 0.25) is 0 Å². The molecule has 2 N–H and O–H groups in total. The molecule has 1 aliphatic heterocycles. The van der Waals surface area contributed by atoms with E-state index in [2.05, 4.69) is 72.3 Å². The standard InChI is InChI=1S/C25H45N5O2.HI/c1-20(2)30(21(3)4)13-12-27-25(26-5)28-19-22-8-7-9-24(18-22)32-17-14-29(6)23-10-15-31-16-11-23;/h7-9,18,20-21,23H,10-17,19H2,1-6H3,(H2,26,27,28);1H. The highest BCUT2D eigenvalue weighted by Crippen LogP contribution is 2.15. The lowest BCUT2D eigenvalue weighted by Crippen LogP contribution is -2.45. The Hall–Kier alpha value is -1.10. The zero-order valence-electron chi connectivity index (χ0n) is 21.5. The quantitative estimate of drug-likeness (QED) is 0.226. The Morgan fingerprint density at radius 2 is 1.82 bits per heavy atom. The molecule has 8 heteroatoms. The van der Waals surface area contributed by atoms with Crippen molar-refractivity contribution in [3.63, 3.8) is 0 Å². The zero-order valence-corrected chi connectivity index (χ0v) is 23.8. The number of ether oxygens (including phenoxy) is 2. The Kier molecular flexibility index (Phi) is 15.0. The summed E-state index contributed by atoms with van der Waals surface area (Å²) < 4.78 is 11.5. The molecular formula is C25H46IN5O2. The van der Waals surface area contributed by atoms with E-state index in [1.54, 1.807) is 0 Å². The number of hydrogen-bond donors (Lipinski definition) is 2. The lowest BCUT2D eigenvalue weighted by molar-refractivity contribution is 0.0392. The summed E-state index contributed by atoms with van der Waals surface area (Å²) >= 11 is 0. The molecule has 0 aliphatic carbocycles. The van der Waals surface area contributed by atoms with Gasteiger partial charge in [-0.25, -0.2) is 0 Å². The van der Waals surface area contributed by atoms with Gasteiger partial charge < -0.3 is 20.1 Å². The van der Waals surface area contributed by atoms with Crippen LogP contribution in [-0.4, -0.2) is 87.4 Å². The molecule has 1 aromatic rings. The summed E-state index contributed by atoms with van der Waals surface area (Å²) in [5, 5.41) is 6.83. The maximum atomic E-state index is 6.03. The van der Waals surface area contributed by atoms with Crippen LogP contribution in [0.1, 0.15) is 46.1 Å². The largest absolute Gasteiger partial charge is 0.492 e. The van der Waals surface area contributed by atoms with E-state index in [1.807, 2.05) is 19.2 Å². The molecule has 1 heterocycles. The highest BCUT2D eigenvalue weighted by Gasteiger charge is 2.18. The minimum Gasteiger partial charge on any atom is -0.492 e. The van der Waals surface area contributed by atoms with Crippen molar-refractivity contribution in [2.24, 2.45) is 4.99 Å². The number of guanidine groups is 1. The molecule has 7 nitrogen and oxygen atoms in total. The van der Waals surface area contributed by atoms with Gasteiger partial charge in [-0.15, -0.1) is 24.0 Å². The van der Waals surface area contributed by atoms with E-state index < -0.39 is 0 Å². The molecule has 1 aliphatic rings. The first kappa shape index (κ1) is 29.9. The van der Waals surface area contributed by atoms with E-state index in [0.717, 1.165) is 57.4 Å². The maximum Gasteiger partial charge on any atom is 0.191 e. The second-order valence-corrected chi connectivity index (χ2v) is 9.10. The van der Waals surface area contributed by atoms with Gasteiger partial charge >= 0.3 is 0 Å². The monoisotopic (exact) mass is 575 g/mol. The van der Waals surface area contributed by atoms with Gasteiger partial charge in [0, 0.05) is 64.6 Å². The summed E-state index contributed by atoms with van der Waals surface area (Å²) in [6.45, 7) is 14.9. The Balaban J connectivity index is 0.00000544. The summed E-state index contributed by atoms with van der Waals surface area (Å²) in [6, 6.07) is 9.96. The molecule has 0 atom stereocenters. The van der Waals surface area contributed by atoms with Gasteiger partial charge in [-0.2, -0.15) is 0 Å². The molecule has 0 unspecified atom stereocenters. The second kappa shape index (κ2) is 16.5. The Morgan fingerprint density at radius 1 is 1.12 bits per heavy atom. The summed E-state index contributed by atoms with van der Waals surface area (Å²) in [5.41, 5.74) is 1.18.